The molecule has 0 spiro atoms. The first-order valence-electron chi connectivity index (χ1n) is 7.89. The molecule has 1 fully saturated rings. The number of hydrogen-bond donors (Lipinski definition) is 0. The molecule has 4 amide bonds. The molecular weight excluding hydrogens is 318 g/mol. The van der Waals surface area contributed by atoms with Crippen LogP contribution in [0.3, 0.4) is 0 Å². The first-order valence-corrected chi connectivity index (χ1v) is 7.89. The molecule has 25 heavy (non-hydrogen) atoms. The monoisotopic (exact) mass is 337 g/mol. The van der Waals surface area contributed by atoms with Crippen molar-refractivity contribution in [3.05, 3.63) is 53.8 Å². The van der Waals surface area contributed by atoms with E-state index >= 15 is 0 Å². The van der Waals surface area contributed by atoms with Crippen molar-refractivity contribution >= 4 is 34.8 Å². The van der Waals surface area contributed by atoms with Gasteiger partial charge in [-0.2, -0.15) is 0 Å². The lowest BCUT2D eigenvalue weighted by Crippen LogP contribution is -2.52. The van der Waals surface area contributed by atoms with Crippen LogP contribution in [-0.4, -0.2) is 46.3 Å². The Morgan fingerprint density at radius 1 is 1.04 bits per heavy atom. The molecule has 0 atom stereocenters. The van der Waals surface area contributed by atoms with Gasteiger partial charge in [0.2, 0.25) is 0 Å². The van der Waals surface area contributed by atoms with Gasteiger partial charge < -0.3 is 4.57 Å². The molecule has 1 aliphatic heterocycles. The number of allylic oxidation sites excluding steroid dienone is 1. The van der Waals surface area contributed by atoms with Crippen LogP contribution in [0.25, 0.3) is 17.0 Å². The van der Waals surface area contributed by atoms with Gasteiger partial charge in [-0.25, -0.2) is 4.79 Å². The van der Waals surface area contributed by atoms with Gasteiger partial charge in [-0.05, 0) is 19.1 Å². The maximum absolute atomic E-state index is 12.4. The van der Waals surface area contributed by atoms with Crippen molar-refractivity contribution in [2.75, 3.05) is 14.1 Å². The molecule has 1 saturated heterocycles. The molecule has 0 N–H and O–H groups in total. The van der Waals surface area contributed by atoms with E-state index in [-0.39, 0.29) is 5.57 Å². The van der Waals surface area contributed by atoms with Gasteiger partial charge in [0.05, 0.1) is 0 Å². The molecule has 0 radical (unpaired) electrons. The van der Waals surface area contributed by atoms with Gasteiger partial charge in [-0.15, -0.1) is 6.58 Å². The van der Waals surface area contributed by atoms with Crippen LogP contribution in [-0.2, 0) is 16.1 Å². The minimum atomic E-state index is -0.627. The van der Waals surface area contributed by atoms with Gasteiger partial charge in [0.1, 0.15) is 5.57 Å². The summed E-state index contributed by atoms with van der Waals surface area (Å²) in [4.78, 5) is 38.7. The highest BCUT2D eigenvalue weighted by Gasteiger charge is 2.38. The fourth-order valence-corrected chi connectivity index (χ4v) is 3.12. The van der Waals surface area contributed by atoms with E-state index in [0.29, 0.717) is 6.54 Å². The largest absolute Gasteiger partial charge is 0.340 e. The van der Waals surface area contributed by atoms with E-state index in [1.165, 1.54) is 14.1 Å². The smallest absolute Gasteiger partial charge is 0.333 e. The zero-order valence-corrected chi connectivity index (χ0v) is 14.4. The molecule has 1 aliphatic rings. The zero-order valence-electron chi connectivity index (χ0n) is 14.4. The molecule has 1 aromatic heterocycles. The predicted molar refractivity (Wildman–Crippen MR) is 95.8 cm³/mol. The predicted octanol–water partition coefficient (Wildman–Crippen LogP) is 2.57. The molecule has 1 aromatic carbocycles. The van der Waals surface area contributed by atoms with Crippen LogP contribution >= 0.6 is 0 Å². The van der Waals surface area contributed by atoms with Gasteiger partial charge >= 0.3 is 6.03 Å². The SMILES string of the molecule is C=CCn1c(C)c(C=C2C(=O)N(C)C(=O)N(C)C2=O)c2ccccc21. The Bertz CT molecular complexity index is 926. The minimum absolute atomic E-state index is 0.0193. The Hall–Kier alpha value is -3.15. The van der Waals surface area contributed by atoms with Crippen LogP contribution in [0, 0.1) is 6.92 Å². The maximum atomic E-state index is 12.4. The molecule has 0 saturated carbocycles. The van der Waals surface area contributed by atoms with Crippen LogP contribution in [0.5, 0.6) is 0 Å². The van der Waals surface area contributed by atoms with Crippen molar-refractivity contribution in [1.82, 2.24) is 14.4 Å². The number of barbiturate groups is 1. The first-order chi connectivity index (χ1) is 11.9. The van der Waals surface area contributed by atoms with E-state index in [1.54, 1.807) is 12.2 Å². The second kappa shape index (κ2) is 6.05. The highest BCUT2D eigenvalue weighted by Crippen LogP contribution is 2.29. The van der Waals surface area contributed by atoms with Crippen LogP contribution < -0.4 is 0 Å². The molecule has 0 aliphatic carbocycles. The highest BCUT2D eigenvalue weighted by atomic mass is 16.2. The van der Waals surface area contributed by atoms with Crippen molar-refractivity contribution < 1.29 is 14.4 Å². The van der Waals surface area contributed by atoms with Crippen LogP contribution in [0.2, 0.25) is 0 Å². The van der Waals surface area contributed by atoms with Crippen LogP contribution in [0.1, 0.15) is 11.3 Å². The van der Waals surface area contributed by atoms with Crippen molar-refractivity contribution in [2.45, 2.75) is 13.5 Å². The molecule has 3 rings (SSSR count). The molecule has 0 unspecified atom stereocenters. The summed E-state index contributed by atoms with van der Waals surface area (Å²) in [6.45, 7) is 6.34. The van der Waals surface area contributed by atoms with E-state index in [4.69, 9.17) is 0 Å². The summed E-state index contributed by atoms with van der Waals surface area (Å²) >= 11 is 0. The van der Waals surface area contributed by atoms with Gasteiger partial charge in [-0.1, -0.05) is 24.3 Å². The summed E-state index contributed by atoms with van der Waals surface area (Å²) in [5.74, 6) is -1.18. The van der Waals surface area contributed by atoms with E-state index < -0.39 is 17.8 Å². The number of rotatable bonds is 3. The second-order valence-electron chi connectivity index (χ2n) is 5.98. The van der Waals surface area contributed by atoms with Crippen molar-refractivity contribution in [1.29, 1.82) is 0 Å². The minimum Gasteiger partial charge on any atom is -0.340 e. The molecule has 6 heteroatoms. The van der Waals surface area contributed by atoms with E-state index in [1.807, 2.05) is 31.2 Å². The summed E-state index contributed by atoms with van der Waals surface area (Å²) in [5.41, 5.74) is 2.70. The lowest BCUT2D eigenvalue weighted by atomic mass is 10.0. The molecule has 2 heterocycles. The van der Waals surface area contributed by atoms with Crippen molar-refractivity contribution in [3.8, 4) is 0 Å². The molecule has 6 nitrogen and oxygen atoms in total. The van der Waals surface area contributed by atoms with E-state index in [2.05, 4.69) is 11.1 Å². The Balaban J connectivity index is 2.23. The summed E-state index contributed by atoms with van der Waals surface area (Å²) < 4.78 is 2.07. The van der Waals surface area contributed by atoms with Gasteiger partial charge in [0.15, 0.2) is 0 Å². The third-order valence-corrected chi connectivity index (χ3v) is 4.52. The number of carbonyl (C=O) groups is 3. The Morgan fingerprint density at radius 2 is 1.64 bits per heavy atom. The van der Waals surface area contributed by atoms with E-state index in [0.717, 1.165) is 32.0 Å². The summed E-state index contributed by atoms with van der Waals surface area (Å²) in [6.07, 6.45) is 3.38. The van der Waals surface area contributed by atoms with Crippen LogP contribution in [0.4, 0.5) is 4.79 Å². The lowest BCUT2D eigenvalue weighted by molar-refractivity contribution is -0.134. The Kier molecular flexibility index (Phi) is 4.04. The van der Waals surface area contributed by atoms with Crippen molar-refractivity contribution in [3.63, 3.8) is 0 Å². The normalized spacial score (nSPS) is 15.3. The number of likely N-dealkylation sites (N-methyl/N-ethyl adjacent to an activating group) is 2. The number of aromatic nitrogens is 1. The standard InChI is InChI=1S/C19H19N3O3/c1-5-10-22-12(2)14(13-8-6-7-9-16(13)22)11-15-17(23)20(3)19(25)21(4)18(15)24/h5-9,11H,1,10H2,2-4H3. The van der Waals surface area contributed by atoms with Gasteiger partial charge in [0.25, 0.3) is 11.8 Å². The number of fused-ring (bicyclic) bond motifs is 1. The molecular formula is C19H19N3O3. The number of amides is 4. The Morgan fingerprint density at radius 3 is 2.24 bits per heavy atom. The number of para-hydroxylation sites is 1. The lowest BCUT2D eigenvalue weighted by Gasteiger charge is -2.28. The zero-order chi connectivity index (χ0) is 18.3. The Labute approximate surface area is 145 Å². The maximum Gasteiger partial charge on any atom is 0.333 e. The number of imide groups is 2. The second-order valence-corrected chi connectivity index (χ2v) is 5.98. The van der Waals surface area contributed by atoms with E-state index in [9.17, 15) is 14.4 Å². The number of nitrogens with zero attached hydrogens (tertiary/aromatic N) is 3. The average molecular weight is 337 g/mol. The summed E-state index contributed by atoms with van der Waals surface area (Å²) in [5, 5.41) is 0.942. The third-order valence-electron chi connectivity index (χ3n) is 4.52. The summed E-state index contributed by atoms with van der Waals surface area (Å²) in [7, 11) is 2.74. The average Bonchev–Trinajstić information content (AvgIpc) is 2.88. The van der Waals surface area contributed by atoms with Gasteiger partial charge in [0, 0.05) is 42.8 Å². The molecule has 128 valence electrons. The number of hydrogen-bond acceptors (Lipinski definition) is 3. The fourth-order valence-electron chi connectivity index (χ4n) is 3.12. The highest BCUT2D eigenvalue weighted by molar-refractivity contribution is 6.31. The number of benzene rings is 1. The molecule has 0 bridgehead atoms. The van der Waals surface area contributed by atoms with Gasteiger partial charge in [-0.3, -0.25) is 19.4 Å². The summed E-state index contributed by atoms with van der Waals surface area (Å²) in [6, 6.07) is 7.16. The van der Waals surface area contributed by atoms with Crippen LogP contribution in [0.15, 0.2) is 42.5 Å². The number of urea groups is 1. The van der Waals surface area contributed by atoms with Crippen molar-refractivity contribution in [2.24, 2.45) is 0 Å². The molecule has 2 aromatic rings. The third kappa shape index (κ3) is 2.46. The fraction of sp³-hybridized carbons (Fsp3) is 0.211. The topological polar surface area (TPSA) is 62.6 Å². The number of carbonyl (C=O) groups excluding carboxylic acids is 3. The first kappa shape index (κ1) is 16.7. The quantitative estimate of drug-likeness (QED) is 0.491.